The Hall–Kier alpha value is -3.30. The zero-order valence-electron chi connectivity index (χ0n) is 18.0. The molecule has 0 aromatic heterocycles. The molecule has 0 aliphatic rings. The number of aliphatic hydroxyl groups excluding tert-OH is 1. The van der Waals surface area contributed by atoms with E-state index in [2.05, 4.69) is 10.6 Å². The van der Waals surface area contributed by atoms with Gasteiger partial charge in [0.15, 0.2) is 0 Å². The molecule has 0 heterocycles. The summed E-state index contributed by atoms with van der Waals surface area (Å²) in [6.07, 6.45) is -0.122. The summed E-state index contributed by atoms with van der Waals surface area (Å²) >= 11 is 0. The molecule has 0 aliphatic heterocycles. The molecule has 0 spiro atoms. The average Bonchev–Trinajstić information content (AvgIpc) is 2.73. The van der Waals surface area contributed by atoms with Gasteiger partial charge in [-0.1, -0.05) is 6.42 Å². The van der Waals surface area contributed by atoms with E-state index in [1.54, 1.807) is 0 Å². The highest BCUT2D eigenvalue weighted by Crippen LogP contribution is 2.03. The average molecular weight is 476 g/mol. The predicted octanol–water partition coefficient (Wildman–Crippen LogP) is -4.29. The van der Waals surface area contributed by atoms with E-state index in [-0.39, 0.29) is 12.8 Å². The summed E-state index contributed by atoms with van der Waals surface area (Å²) < 4.78 is 0. The van der Waals surface area contributed by atoms with Crippen molar-refractivity contribution in [3.8, 4) is 0 Å². The van der Waals surface area contributed by atoms with Crippen molar-refractivity contribution < 1.29 is 44.1 Å². The van der Waals surface area contributed by atoms with Crippen molar-refractivity contribution in [2.24, 2.45) is 17.2 Å². The minimum atomic E-state index is -1.70. The Labute approximate surface area is 189 Å². The highest BCUT2D eigenvalue weighted by molar-refractivity contribution is 5.95. The molecular weight excluding hydrogens is 444 g/mol. The molecule has 0 fully saturated rings. The number of aliphatic hydroxyl groups is 1. The Balaban J connectivity index is 5.25. The van der Waals surface area contributed by atoms with Crippen LogP contribution in [0, 0.1) is 0 Å². The Kier molecular flexibility index (Phi) is 13.9. The number of primary amides is 1. The van der Waals surface area contributed by atoms with Crippen molar-refractivity contribution in [3.05, 3.63) is 0 Å². The van der Waals surface area contributed by atoms with Crippen molar-refractivity contribution in [2.45, 2.75) is 62.7 Å². The van der Waals surface area contributed by atoms with Crippen molar-refractivity contribution >= 4 is 35.6 Å². The summed E-state index contributed by atoms with van der Waals surface area (Å²) in [5.41, 5.74) is 16.1. The van der Waals surface area contributed by atoms with Gasteiger partial charge in [0, 0.05) is 6.42 Å². The molecule has 4 amide bonds. The number of carboxylic acid groups (broad SMARTS) is 2. The third-order valence-electron chi connectivity index (χ3n) is 4.42. The number of aliphatic carboxylic acids is 2. The second-order valence-corrected chi connectivity index (χ2v) is 7.20. The van der Waals surface area contributed by atoms with Gasteiger partial charge in [-0.15, -0.1) is 0 Å². The van der Waals surface area contributed by atoms with E-state index in [0.29, 0.717) is 19.4 Å². The van der Waals surface area contributed by atoms with Crippen molar-refractivity contribution in [3.63, 3.8) is 0 Å². The Bertz CT molecular complexity index is 718. The Morgan fingerprint density at radius 1 is 0.788 bits per heavy atom. The van der Waals surface area contributed by atoms with Crippen LogP contribution in [-0.2, 0) is 28.8 Å². The van der Waals surface area contributed by atoms with E-state index in [4.69, 9.17) is 27.4 Å². The van der Waals surface area contributed by atoms with E-state index >= 15 is 0 Å². The molecule has 15 heteroatoms. The standard InChI is InChI=1S/C18H32N6O9/c19-6-2-1-3-9(20)15(29)22-10(4-5-14(27)28)16(30)24-12(8-25)17(31)23-11(18(32)33)7-13(21)26/h9-12,25H,1-8,19-20H2,(H2,21,26)(H,22,29)(H,23,31)(H,24,30)(H,27,28)(H,32,33). The fourth-order valence-corrected chi connectivity index (χ4v) is 2.60. The van der Waals surface area contributed by atoms with Crippen molar-refractivity contribution in [2.75, 3.05) is 13.2 Å². The van der Waals surface area contributed by atoms with Crippen LogP contribution in [0.3, 0.4) is 0 Å². The smallest absolute Gasteiger partial charge is 0.326 e. The van der Waals surface area contributed by atoms with Gasteiger partial charge in [0.25, 0.3) is 0 Å². The Morgan fingerprint density at radius 3 is 1.82 bits per heavy atom. The van der Waals surface area contributed by atoms with E-state index in [1.165, 1.54) is 0 Å². The first-order chi connectivity index (χ1) is 15.4. The quantitative estimate of drug-likeness (QED) is 0.0905. The number of carboxylic acids is 2. The second kappa shape index (κ2) is 15.5. The van der Waals surface area contributed by atoms with Gasteiger partial charge in [0.2, 0.25) is 23.6 Å². The van der Waals surface area contributed by atoms with Gasteiger partial charge >= 0.3 is 11.9 Å². The molecule has 15 nitrogen and oxygen atoms in total. The molecule has 0 aromatic carbocycles. The molecule has 4 atom stereocenters. The SMILES string of the molecule is NCCCCC(N)C(=O)NC(CCC(=O)O)C(=O)NC(CO)C(=O)NC(CC(N)=O)C(=O)O. The topological polar surface area (TPSA) is 277 Å². The first kappa shape index (κ1) is 29.7. The number of nitrogens with two attached hydrogens (primary N) is 3. The summed E-state index contributed by atoms with van der Waals surface area (Å²) in [6, 6.07) is -5.75. The number of carbonyl (C=O) groups excluding carboxylic acids is 4. The highest BCUT2D eigenvalue weighted by atomic mass is 16.4. The molecule has 0 saturated carbocycles. The lowest BCUT2D eigenvalue weighted by molar-refractivity contribution is -0.144. The lowest BCUT2D eigenvalue weighted by atomic mass is 10.1. The number of unbranched alkanes of at least 4 members (excludes halogenated alkanes) is 1. The van der Waals surface area contributed by atoms with Crippen LogP contribution < -0.4 is 33.2 Å². The molecule has 0 rings (SSSR count). The lowest BCUT2D eigenvalue weighted by Gasteiger charge is -2.24. The Morgan fingerprint density at radius 2 is 1.33 bits per heavy atom. The maximum absolute atomic E-state index is 12.6. The van der Waals surface area contributed by atoms with E-state index in [1.807, 2.05) is 5.32 Å². The number of rotatable bonds is 17. The normalized spacial score (nSPS) is 14.3. The number of carbonyl (C=O) groups is 6. The van der Waals surface area contributed by atoms with Crippen LogP contribution in [0.1, 0.15) is 38.5 Å². The van der Waals surface area contributed by atoms with Gasteiger partial charge in [0.05, 0.1) is 19.1 Å². The van der Waals surface area contributed by atoms with Gasteiger partial charge < -0.3 is 48.5 Å². The lowest BCUT2D eigenvalue weighted by Crippen LogP contribution is -2.58. The summed E-state index contributed by atoms with van der Waals surface area (Å²) in [7, 11) is 0. The van der Waals surface area contributed by atoms with Crippen LogP contribution in [0.4, 0.5) is 0 Å². The minimum absolute atomic E-state index is 0.272. The fraction of sp³-hybridized carbons (Fsp3) is 0.667. The van der Waals surface area contributed by atoms with Crippen LogP contribution in [0.2, 0.25) is 0 Å². The van der Waals surface area contributed by atoms with Crippen LogP contribution in [0.5, 0.6) is 0 Å². The van der Waals surface area contributed by atoms with Gasteiger partial charge in [-0.05, 0) is 25.8 Å². The molecule has 33 heavy (non-hydrogen) atoms. The zero-order valence-corrected chi connectivity index (χ0v) is 18.0. The summed E-state index contributed by atoms with van der Waals surface area (Å²) in [4.78, 5) is 70.1. The maximum Gasteiger partial charge on any atom is 0.326 e. The molecule has 0 saturated heterocycles. The van der Waals surface area contributed by atoms with Crippen molar-refractivity contribution in [1.29, 1.82) is 0 Å². The fourth-order valence-electron chi connectivity index (χ4n) is 2.60. The number of amides is 4. The number of hydrogen-bond donors (Lipinski definition) is 9. The van der Waals surface area contributed by atoms with Crippen LogP contribution in [0.15, 0.2) is 0 Å². The van der Waals surface area contributed by atoms with Gasteiger partial charge in [-0.2, -0.15) is 0 Å². The molecule has 0 bridgehead atoms. The molecule has 4 unspecified atom stereocenters. The second-order valence-electron chi connectivity index (χ2n) is 7.20. The largest absolute Gasteiger partial charge is 0.481 e. The first-order valence-corrected chi connectivity index (χ1v) is 10.1. The minimum Gasteiger partial charge on any atom is -0.481 e. The van der Waals surface area contributed by atoms with Gasteiger partial charge in [-0.25, -0.2) is 4.79 Å². The van der Waals surface area contributed by atoms with E-state index in [9.17, 15) is 33.9 Å². The summed E-state index contributed by atoms with van der Waals surface area (Å²) in [5.74, 6) is -6.69. The molecule has 188 valence electrons. The molecule has 0 radical (unpaired) electrons. The van der Waals surface area contributed by atoms with Gasteiger partial charge in [-0.3, -0.25) is 24.0 Å². The van der Waals surface area contributed by atoms with Crippen LogP contribution in [-0.4, -0.2) is 88.2 Å². The molecule has 12 N–H and O–H groups in total. The molecular formula is C18H32N6O9. The highest BCUT2D eigenvalue weighted by Gasteiger charge is 2.30. The molecule has 0 aliphatic carbocycles. The number of hydrogen-bond acceptors (Lipinski definition) is 9. The zero-order chi connectivity index (χ0) is 25.6. The summed E-state index contributed by atoms with van der Waals surface area (Å²) in [6.45, 7) is -0.552. The monoisotopic (exact) mass is 476 g/mol. The third kappa shape index (κ3) is 12.4. The van der Waals surface area contributed by atoms with Gasteiger partial charge in [0.1, 0.15) is 18.1 Å². The number of nitrogens with one attached hydrogen (secondary N) is 3. The van der Waals surface area contributed by atoms with E-state index < -0.39 is 79.2 Å². The summed E-state index contributed by atoms with van der Waals surface area (Å²) in [5, 5.41) is 33.8. The maximum atomic E-state index is 12.6. The predicted molar refractivity (Wildman–Crippen MR) is 112 cm³/mol. The van der Waals surface area contributed by atoms with E-state index in [0.717, 1.165) is 0 Å². The third-order valence-corrected chi connectivity index (χ3v) is 4.42. The first-order valence-electron chi connectivity index (χ1n) is 10.1. The van der Waals surface area contributed by atoms with Crippen LogP contribution in [0.25, 0.3) is 0 Å². The van der Waals surface area contributed by atoms with Crippen molar-refractivity contribution in [1.82, 2.24) is 16.0 Å². The van der Waals surface area contributed by atoms with Crippen LogP contribution >= 0.6 is 0 Å². The molecule has 0 aromatic rings.